The number of para-hydroxylation sites is 1. The van der Waals surface area contributed by atoms with E-state index in [-0.39, 0.29) is 22.4 Å². The van der Waals surface area contributed by atoms with Crippen LogP contribution in [0.1, 0.15) is 37.7 Å². The van der Waals surface area contributed by atoms with Gasteiger partial charge in [0.25, 0.3) is 0 Å². The van der Waals surface area contributed by atoms with Gasteiger partial charge in [-0.15, -0.1) is 0 Å². The summed E-state index contributed by atoms with van der Waals surface area (Å²) in [6.07, 6.45) is 0.822. The average Bonchev–Trinajstić information content (AvgIpc) is 3.36. The Balaban J connectivity index is 1.81. The fourth-order valence-corrected chi connectivity index (χ4v) is 4.35. The van der Waals surface area contributed by atoms with E-state index in [0.717, 1.165) is 6.07 Å². The summed E-state index contributed by atoms with van der Waals surface area (Å²) in [5, 5.41) is 44.7. The van der Waals surface area contributed by atoms with E-state index >= 15 is 0 Å². The van der Waals surface area contributed by atoms with E-state index in [2.05, 4.69) is 17.2 Å². The number of carbonyl (C=O) groups is 2. The summed E-state index contributed by atoms with van der Waals surface area (Å²) in [6.45, 7) is 3.55. The highest BCUT2D eigenvalue weighted by atomic mass is 16.4. The van der Waals surface area contributed by atoms with Crippen LogP contribution in [0.5, 0.6) is 0 Å². The molecule has 0 radical (unpaired) electrons. The van der Waals surface area contributed by atoms with E-state index in [4.69, 9.17) is 5.73 Å². The fourth-order valence-electron chi connectivity index (χ4n) is 4.35. The summed E-state index contributed by atoms with van der Waals surface area (Å²) in [5.74, 6) is -3.35. The van der Waals surface area contributed by atoms with Crippen LogP contribution in [0.3, 0.4) is 0 Å². The Morgan fingerprint density at radius 3 is 2.16 bits per heavy atom. The standard InChI is InChI=1S/C27H22N6O4/c1-15-8-17(16(2)32(15)22-11-18(26(34)35)10-19(12-22)27(36)37)9-20(13-28)24-23(14-29)25(30)33(31-24)21-6-4-3-5-7-21/h3-12,23,25H,30H2,1-2H3,(H,34,35)(H,36,37)/b20-9-/t23-,25-/m0/s1. The summed E-state index contributed by atoms with van der Waals surface area (Å²) in [6, 6.07) is 19.0. The maximum absolute atomic E-state index is 11.6. The topological polar surface area (TPSA) is 169 Å². The van der Waals surface area contributed by atoms with Gasteiger partial charge in [0.15, 0.2) is 0 Å². The first-order valence-electron chi connectivity index (χ1n) is 11.2. The lowest BCUT2D eigenvalue weighted by atomic mass is 9.95. The molecule has 3 aromatic rings. The Morgan fingerprint density at radius 1 is 1.00 bits per heavy atom. The molecule has 1 aliphatic heterocycles. The fraction of sp³-hybridized carbons (Fsp3) is 0.148. The average molecular weight is 495 g/mol. The highest BCUT2D eigenvalue weighted by molar-refractivity contribution is 6.11. The summed E-state index contributed by atoms with van der Waals surface area (Å²) >= 11 is 0. The van der Waals surface area contributed by atoms with Gasteiger partial charge in [0.1, 0.15) is 18.2 Å². The number of nitrogens with zero attached hydrogens (tertiary/aromatic N) is 5. The lowest BCUT2D eigenvalue weighted by Crippen LogP contribution is -2.40. The number of nitriles is 2. The summed E-state index contributed by atoms with van der Waals surface area (Å²) in [5.41, 5.74) is 9.38. The summed E-state index contributed by atoms with van der Waals surface area (Å²) in [7, 11) is 0. The minimum absolute atomic E-state index is 0.159. The van der Waals surface area contributed by atoms with Crippen molar-refractivity contribution in [2.75, 3.05) is 5.01 Å². The molecule has 184 valence electrons. The van der Waals surface area contributed by atoms with Crippen LogP contribution < -0.4 is 10.7 Å². The van der Waals surface area contributed by atoms with Crippen molar-refractivity contribution in [3.05, 3.63) is 88.2 Å². The number of hydrogen-bond acceptors (Lipinski definition) is 7. The van der Waals surface area contributed by atoms with Crippen LogP contribution in [0, 0.1) is 42.4 Å². The molecule has 1 aliphatic rings. The maximum Gasteiger partial charge on any atom is 0.335 e. The molecule has 2 atom stereocenters. The van der Waals surface area contributed by atoms with Crippen molar-refractivity contribution in [1.82, 2.24) is 4.57 Å². The van der Waals surface area contributed by atoms with Crippen LogP contribution in [0.25, 0.3) is 11.8 Å². The van der Waals surface area contributed by atoms with Gasteiger partial charge in [-0.1, -0.05) is 18.2 Å². The molecule has 0 unspecified atom stereocenters. The van der Waals surface area contributed by atoms with Gasteiger partial charge >= 0.3 is 11.9 Å². The molecule has 0 aliphatic carbocycles. The molecule has 1 aromatic heterocycles. The molecule has 0 fully saturated rings. The molecule has 10 nitrogen and oxygen atoms in total. The Kier molecular flexibility index (Phi) is 6.61. The number of carboxylic acids is 2. The predicted octanol–water partition coefficient (Wildman–Crippen LogP) is 3.70. The predicted molar refractivity (Wildman–Crippen MR) is 136 cm³/mol. The minimum Gasteiger partial charge on any atom is -0.478 e. The van der Waals surface area contributed by atoms with Gasteiger partial charge in [-0.3, -0.25) is 0 Å². The zero-order valence-electron chi connectivity index (χ0n) is 20.0. The molecule has 2 aromatic carbocycles. The van der Waals surface area contributed by atoms with Gasteiger partial charge in [-0.2, -0.15) is 15.6 Å². The number of anilines is 1. The molecule has 0 spiro atoms. The van der Waals surface area contributed by atoms with E-state index in [0.29, 0.717) is 28.3 Å². The third-order valence-corrected chi connectivity index (χ3v) is 6.13. The van der Waals surface area contributed by atoms with Gasteiger partial charge in [0, 0.05) is 17.1 Å². The molecule has 0 saturated carbocycles. The second-order valence-corrected chi connectivity index (χ2v) is 8.47. The molecule has 10 heteroatoms. The highest BCUT2D eigenvalue weighted by Crippen LogP contribution is 2.30. The van der Waals surface area contributed by atoms with Crippen LogP contribution in [0.2, 0.25) is 0 Å². The number of benzene rings is 2. The number of hydrogen-bond donors (Lipinski definition) is 3. The largest absolute Gasteiger partial charge is 0.478 e. The van der Waals surface area contributed by atoms with Crippen molar-refractivity contribution >= 4 is 29.4 Å². The lowest BCUT2D eigenvalue weighted by Gasteiger charge is -2.21. The zero-order chi connectivity index (χ0) is 26.9. The minimum atomic E-state index is -1.25. The van der Waals surface area contributed by atoms with Gasteiger partial charge in [-0.05, 0) is 61.9 Å². The van der Waals surface area contributed by atoms with Gasteiger partial charge in [0.2, 0.25) is 0 Å². The van der Waals surface area contributed by atoms with Gasteiger partial charge < -0.3 is 20.5 Å². The van der Waals surface area contributed by atoms with Crippen molar-refractivity contribution in [2.45, 2.75) is 20.0 Å². The number of allylic oxidation sites excluding steroid dienone is 1. The van der Waals surface area contributed by atoms with Gasteiger partial charge in [-0.25, -0.2) is 14.6 Å². The molecule has 2 heterocycles. The first-order valence-corrected chi connectivity index (χ1v) is 11.2. The maximum atomic E-state index is 11.6. The lowest BCUT2D eigenvalue weighted by molar-refractivity contribution is 0.0696. The number of aromatic nitrogens is 1. The molecule has 37 heavy (non-hydrogen) atoms. The number of hydrazone groups is 1. The number of aryl methyl sites for hydroxylation is 1. The molecule has 4 rings (SSSR count). The second kappa shape index (κ2) is 9.82. The van der Waals surface area contributed by atoms with E-state index < -0.39 is 24.0 Å². The van der Waals surface area contributed by atoms with Crippen LogP contribution in [-0.2, 0) is 0 Å². The molecular weight excluding hydrogens is 472 g/mol. The van der Waals surface area contributed by atoms with E-state index in [1.54, 1.807) is 42.7 Å². The molecule has 0 bridgehead atoms. The van der Waals surface area contributed by atoms with Crippen molar-refractivity contribution in [1.29, 1.82) is 10.5 Å². The van der Waals surface area contributed by atoms with Crippen LogP contribution in [0.4, 0.5) is 5.69 Å². The molecule has 0 saturated heterocycles. The molecule has 0 amide bonds. The molecular formula is C27H22N6O4. The Bertz CT molecular complexity index is 1520. The van der Waals surface area contributed by atoms with E-state index in [9.17, 15) is 30.3 Å². The van der Waals surface area contributed by atoms with Crippen molar-refractivity contribution in [3.63, 3.8) is 0 Å². The number of rotatable bonds is 6. The summed E-state index contributed by atoms with van der Waals surface area (Å²) in [4.78, 5) is 23.2. The van der Waals surface area contributed by atoms with Crippen molar-refractivity contribution < 1.29 is 19.8 Å². The Labute approximate surface area is 212 Å². The van der Waals surface area contributed by atoms with Crippen LogP contribution in [-0.4, -0.2) is 38.6 Å². The molecule has 4 N–H and O–H groups in total. The van der Waals surface area contributed by atoms with Crippen LogP contribution >= 0.6 is 0 Å². The first-order chi connectivity index (χ1) is 17.7. The SMILES string of the molecule is Cc1cc(/C=C(/C#N)C2=NN(c3ccccc3)[C@H](N)[C@H]2C#N)c(C)n1-c1cc(C(=O)O)cc(C(=O)O)c1. The third kappa shape index (κ3) is 4.57. The quantitative estimate of drug-likeness (QED) is 0.436. The van der Waals surface area contributed by atoms with Crippen LogP contribution in [0.15, 0.2) is 65.3 Å². The summed E-state index contributed by atoms with van der Waals surface area (Å²) < 4.78 is 1.71. The second-order valence-electron chi connectivity index (χ2n) is 8.47. The third-order valence-electron chi connectivity index (χ3n) is 6.13. The highest BCUT2D eigenvalue weighted by Gasteiger charge is 2.37. The van der Waals surface area contributed by atoms with Gasteiger partial charge in [0.05, 0.1) is 34.2 Å². The Hall–Kier alpha value is -5.19. The smallest absolute Gasteiger partial charge is 0.335 e. The number of aromatic carboxylic acids is 2. The number of nitrogens with two attached hydrogens (primary N) is 1. The monoisotopic (exact) mass is 494 g/mol. The normalized spacial score (nSPS) is 17.2. The Morgan fingerprint density at radius 2 is 1.62 bits per heavy atom. The van der Waals surface area contributed by atoms with Crippen molar-refractivity contribution in [3.8, 4) is 17.8 Å². The van der Waals surface area contributed by atoms with Crippen molar-refractivity contribution in [2.24, 2.45) is 16.8 Å². The van der Waals surface area contributed by atoms with E-state index in [1.807, 2.05) is 18.2 Å². The number of carboxylic acid groups (broad SMARTS) is 2. The zero-order valence-corrected chi connectivity index (χ0v) is 20.0. The van der Waals surface area contributed by atoms with E-state index in [1.165, 1.54) is 17.1 Å². The first kappa shape index (κ1) is 24.9.